The van der Waals surface area contributed by atoms with E-state index in [1.54, 1.807) is 6.07 Å². The molecule has 7 heteroatoms. The summed E-state index contributed by atoms with van der Waals surface area (Å²) in [6.45, 7) is 0. The molecule has 0 aliphatic heterocycles. The first-order valence-electron chi connectivity index (χ1n) is 5.55. The number of hydrogen-bond acceptors (Lipinski definition) is 5. The van der Waals surface area contributed by atoms with Crippen molar-refractivity contribution in [3.63, 3.8) is 0 Å². The molecule has 2 unspecified atom stereocenters. The molecule has 2 atom stereocenters. The van der Waals surface area contributed by atoms with Gasteiger partial charge in [-0.2, -0.15) is 0 Å². The van der Waals surface area contributed by atoms with Crippen molar-refractivity contribution in [2.45, 2.75) is 11.7 Å². The number of ketones is 1. The molecule has 1 aromatic carbocycles. The maximum atomic E-state index is 12.4. The van der Waals surface area contributed by atoms with Gasteiger partial charge in [-0.1, -0.05) is 30.3 Å². The highest BCUT2D eigenvalue weighted by molar-refractivity contribution is 6.18. The summed E-state index contributed by atoms with van der Waals surface area (Å²) in [5.41, 5.74) is -2.64. The molecule has 0 saturated carbocycles. The normalized spacial score (nSPS) is 15.1. The first-order chi connectivity index (χ1) is 9.41. The average molecular weight is 282 g/mol. The third-order valence-electron chi connectivity index (χ3n) is 2.84. The van der Waals surface area contributed by atoms with Crippen LogP contribution in [0.5, 0.6) is 0 Å². The van der Waals surface area contributed by atoms with Gasteiger partial charge >= 0.3 is 11.9 Å². The van der Waals surface area contributed by atoms with Gasteiger partial charge in [0.2, 0.25) is 11.9 Å². The smallest absolute Gasteiger partial charge is 0.347 e. The Kier molecular flexibility index (Phi) is 4.95. The molecule has 0 heterocycles. The molecule has 0 aliphatic carbocycles. The Balaban J connectivity index is 3.42. The van der Waals surface area contributed by atoms with Crippen LogP contribution in [0.3, 0.4) is 0 Å². The van der Waals surface area contributed by atoms with Gasteiger partial charge in [0.25, 0.3) is 5.60 Å². The standard InChI is InChI=1S/C13H14O7/c1-19-10(11(15)16)13(20-2,12(17)18)9(14)8-6-4-3-5-7-8/h3-7,10H,1-2H3,(H,15,16)(H,17,18). The molecule has 0 aromatic heterocycles. The lowest BCUT2D eigenvalue weighted by molar-refractivity contribution is -0.182. The third kappa shape index (κ3) is 2.54. The van der Waals surface area contributed by atoms with Crippen LogP contribution in [0.15, 0.2) is 30.3 Å². The van der Waals surface area contributed by atoms with Gasteiger partial charge in [-0.3, -0.25) is 4.79 Å². The number of methoxy groups -OCH3 is 2. The van der Waals surface area contributed by atoms with Crippen LogP contribution in [0.1, 0.15) is 10.4 Å². The molecule has 0 radical (unpaired) electrons. The molecule has 0 aliphatic rings. The van der Waals surface area contributed by atoms with Gasteiger partial charge in [0.15, 0.2) is 0 Å². The highest BCUT2D eigenvalue weighted by Gasteiger charge is 2.57. The summed E-state index contributed by atoms with van der Waals surface area (Å²) in [5.74, 6) is -4.34. The number of rotatable bonds is 7. The van der Waals surface area contributed by atoms with Gasteiger partial charge in [-0.05, 0) is 0 Å². The topological polar surface area (TPSA) is 110 Å². The van der Waals surface area contributed by atoms with E-state index in [2.05, 4.69) is 4.74 Å². The van der Waals surface area contributed by atoms with Gasteiger partial charge < -0.3 is 19.7 Å². The number of hydrogen-bond donors (Lipinski definition) is 2. The summed E-state index contributed by atoms with van der Waals surface area (Å²) in [6, 6.07) is 7.43. The first-order valence-corrected chi connectivity index (χ1v) is 5.55. The summed E-state index contributed by atoms with van der Waals surface area (Å²) >= 11 is 0. The summed E-state index contributed by atoms with van der Waals surface area (Å²) in [6.07, 6.45) is -1.97. The molecular weight excluding hydrogens is 268 g/mol. The number of carbonyl (C=O) groups excluding carboxylic acids is 1. The molecule has 20 heavy (non-hydrogen) atoms. The van der Waals surface area contributed by atoms with E-state index in [9.17, 15) is 19.5 Å². The van der Waals surface area contributed by atoms with Crippen LogP contribution in [0, 0.1) is 0 Å². The molecule has 7 nitrogen and oxygen atoms in total. The van der Waals surface area contributed by atoms with Gasteiger partial charge in [0.05, 0.1) is 0 Å². The first kappa shape index (κ1) is 15.8. The number of carboxylic acids is 2. The van der Waals surface area contributed by atoms with Crippen molar-refractivity contribution in [2.24, 2.45) is 0 Å². The lowest BCUT2D eigenvalue weighted by Gasteiger charge is -2.30. The summed E-state index contributed by atoms with van der Waals surface area (Å²) in [7, 11) is 1.94. The van der Waals surface area contributed by atoms with E-state index < -0.39 is 29.4 Å². The number of Topliss-reactive ketones (excluding diaryl/α,β-unsaturated/α-hetero) is 1. The Hall–Kier alpha value is -2.25. The number of ether oxygens (including phenoxy) is 2. The van der Waals surface area contributed by atoms with E-state index in [1.807, 2.05) is 0 Å². The third-order valence-corrected chi connectivity index (χ3v) is 2.84. The Bertz CT molecular complexity index is 511. The second kappa shape index (κ2) is 6.27. The second-order valence-electron chi connectivity index (χ2n) is 3.89. The highest BCUT2D eigenvalue weighted by atomic mass is 16.6. The minimum Gasteiger partial charge on any atom is -0.479 e. The van der Waals surface area contributed by atoms with Crippen molar-refractivity contribution in [1.29, 1.82) is 0 Å². The Morgan fingerprint density at radius 3 is 2.00 bits per heavy atom. The largest absolute Gasteiger partial charge is 0.479 e. The van der Waals surface area contributed by atoms with Gasteiger partial charge in [0.1, 0.15) is 0 Å². The van der Waals surface area contributed by atoms with Crippen LogP contribution in [-0.4, -0.2) is 53.9 Å². The SMILES string of the molecule is COC(C(=O)O)C(OC)(C(=O)O)C(=O)c1ccccc1. The fraction of sp³-hybridized carbons (Fsp3) is 0.308. The van der Waals surface area contributed by atoms with Crippen molar-refractivity contribution in [1.82, 2.24) is 0 Å². The number of carbonyl (C=O) groups is 3. The molecule has 0 saturated heterocycles. The zero-order chi connectivity index (χ0) is 15.3. The van der Waals surface area contributed by atoms with E-state index in [0.29, 0.717) is 0 Å². The van der Waals surface area contributed by atoms with Gasteiger partial charge in [0, 0.05) is 19.8 Å². The van der Waals surface area contributed by atoms with E-state index >= 15 is 0 Å². The average Bonchev–Trinajstić information content (AvgIpc) is 2.44. The molecular formula is C13H14O7. The minimum atomic E-state index is -2.65. The summed E-state index contributed by atoms with van der Waals surface area (Å²) in [4.78, 5) is 35.0. The number of benzene rings is 1. The van der Waals surface area contributed by atoms with Crippen LogP contribution < -0.4 is 0 Å². The lowest BCUT2D eigenvalue weighted by atomic mass is 9.87. The Labute approximate surface area is 114 Å². The molecule has 108 valence electrons. The molecule has 0 spiro atoms. The number of carboxylic acid groups (broad SMARTS) is 2. The maximum Gasteiger partial charge on any atom is 0.347 e. The predicted octanol–water partition coefficient (Wildman–Crippen LogP) is 0.439. The van der Waals surface area contributed by atoms with E-state index in [0.717, 1.165) is 14.2 Å². The Morgan fingerprint density at radius 1 is 1.10 bits per heavy atom. The van der Waals surface area contributed by atoms with Crippen LogP contribution in [0.4, 0.5) is 0 Å². The zero-order valence-electron chi connectivity index (χ0n) is 10.9. The maximum absolute atomic E-state index is 12.4. The number of aliphatic carboxylic acids is 2. The fourth-order valence-electron chi connectivity index (χ4n) is 1.86. The zero-order valence-corrected chi connectivity index (χ0v) is 10.9. The van der Waals surface area contributed by atoms with E-state index in [4.69, 9.17) is 9.84 Å². The molecule has 2 N–H and O–H groups in total. The van der Waals surface area contributed by atoms with Crippen molar-refractivity contribution < 1.29 is 34.1 Å². The van der Waals surface area contributed by atoms with Crippen LogP contribution >= 0.6 is 0 Å². The van der Waals surface area contributed by atoms with E-state index in [-0.39, 0.29) is 5.56 Å². The van der Waals surface area contributed by atoms with Crippen molar-refractivity contribution in [3.8, 4) is 0 Å². The van der Waals surface area contributed by atoms with Crippen molar-refractivity contribution in [3.05, 3.63) is 35.9 Å². The van der Waals surface area contributed by atoms with Crippen LogP contribution in [0.2, 0.25) is 0 Å². The quantitative estimate of drug-likeness (QED) is 0.551. The predicted molar refractivity (Wildman–Crippen MR) is 66.6 cm³/mol. The minimum absolute atomic E-state index is 0.0139. The highest BCUT2D eigenvalue weighted by Crippen LogP contribution is 2.25. The van der Waals surface area contributed by atoms with Gasteiger partial charge in [-0.15, -0.1) is 0 Å². The molecule has 1 rings (SSSR count). The molecule has 0 amide bonds. The molecule has 1 aromatic rings. The summed E-state index contributed by atoms with van der Waals surface area (Å²) in [5, 5.41) is 18.4. The fourth-order valence-corrected chi connectivity index (χ4v) is 1.86. The van der Waals surface area contributed by atoms with Gasteiger partial charge in [-0.25, -0.2) is 9.59 Å². The lowest BCUT2D eigenvalue weighted by Crippen LogP contribution is -2.60. The van der Waals surface area contributed by atoms with Crippen LogP contribution in [-0.2, 0) is 19.1 Å². The summed E-state index contributed by atoms with van der Waals surface area (Å²) < 4.78 is 9.42. The monoisotopic (exact) mass is 282 g/mol. The Morgan fingerprint density at radius 2 is 1.65 bits per heavy atom. The second-order valence-corrected chi connectivity index (χ2v) is 3.89. The molecule has 0 fully saturated rings. The van der Waals surface area contributed by atoms with Crippen molar-refractivity contribution in [2.75, 3.05) is 14.2 Å². The molecule has 0 bridgehead atoms. The van der Waals surface area contributed by atoms with Crippen molar-refractivity contribution >= 4 is 17.7 Å². The van der Waals surface area contributed by atoms with Crippen LogP contribution in [0.25, 0.3) is 0 Å². The van der Waals surface area contributed by atoms with E-state index in [1.165, 1.54) is 24.3 Å².